The first kappa shape index (κ1) is 19.6. The summed E-state index contributed by atoms with van der Waals surface area (Å²) in [6.07, 6.45) is 4.49. The Kier molecular flexibility index (Phi) is 6.45. The smallest absolute Gasteiger partial charge is 0.185 e. The van der Waals surface area contributed by atoms with Gasteiger partial charge in [0, 0.05) is 16.7 Å². The van der Waals surface area contributed by atoms with Crippen LogP contribution in [0, 0.1) is 0 Å². The van der Waals surface area contributed by atoms with E-state index in [0.717, 1.165) is 16.7 Å². The molecule has 0 radical (unpaired) electrons. The lowest BCUT2D eigenvalue weighted by Gasteiger charge is -2.19. The Morgan fingerprint density at radius 1 is 1.12 bits per heavy atom. The van der Waals surface area contributed by atoms with Crippen molar-refractivity contribution in [3.8, 4) is 17.2 Å². The van der Waals surface area contributed by atoms with E-state index in [0.29, 0.717) is 24.2 Å². The van der Waals surface area contributed by atoms with Gasteiger partial charge in [0.05, 0.1) is 6.10 Å². The number of ether oxygens (including phenoxy) is 1. The number of phenols is 2. The number of aryl methyl sites for hydroxylation is 1. The van der Waals surface area contributed by atoms with Gasteiger partial charge in [-0.3, -0.25) is 4.79 Å². The van der Waals surface area contributed by atoms with Gasteiger partial charge >= 0.3 is 0 Å². The number of phenolic OH excluding ortho intramolecular Hbond substituents is 2. The molecule has 4 heteroatoms. The molecule has 4 nitrogen and oxygen atoms in total. The van der Waals surface area contributed by atoms with Crippen molar-refractivity contribution in [1.82, 2.24) is 0 Å². The van der Waals surface area contributed by atoms with Crippen LogP contribution in [0.2, 0.25) is 0 Å². The first-order valence-corrected chi connectivity index (χ1v) is 8.93. The Morgan fingerprint density at radius 3 is 2.31 bits per heavy atom. The summed E-state index contributed by atoms with van der Waals surface area (Å²) in [5, 5.41) is 19.8. The monoisotopic (exact) mass is 354 g/mol. The van der Waals surface area contributed by atoms with Crippen molar-refractivity contribution < 1.29 is 19.7 Å². The van der Waals surface area contributed by atoms with Crippen molar-refractivity contribution in [2.24, 2.45) is 0 Å². The molecule has 0 aliphatic heterocycles. The highest BCUT2D eigenvalue weighted by Gasteiger charge is 2.17. The molecule has 2 N–H and O–H groups in total. The molecule has 0 aromatic heterocycles. The van der Waals surface area contributed by atoms with Gasteiger partial charge in [-0.2, -0.15) is 0 Å². The summed E-state index contributed by atoms with van der Waals surface area (Å²) in [7, 11) is 0. The summed E-state index contributed by atoms with van der Waals surface area (Å²) in [4.78, 5) is 12.4. The average Bonchev–Trinajstić information content (AvgIpc) is 2.61. The minimum atomic E-state index is -0.162. The zero-order valence-electron chi connectivity index (χ0n) is 15.7. The van der Waals surface area contributed by atoms with Gasteiger partial charge in [-0.05, 0) is 74.7 Å². The molecule has 0 aliphatic carbocycles. The number of carbonyl (C=O) groups excluding carboxylic acids is 1. The van der Waals surface area contributed by atoms with Gasteiger partial charge in [-0.25, -0.2) is 0 Å². The van der Waals surface area contributed by atoms with Gasteiger partial charge in [0.15, 0.2) is 5.78 Å². The molecule has 2 rings (SSSR count). The normalized spacial score (nSPS) is 11.3. The average molecular weight is 354 g/mol. The zero-order valence-corrected chi connectivity index (χ0v) is 15.7. The predicted molar refractivity (Wildman–Crippen MR) is 104 cm³/mol. The van der Waals surface area contributed by atoms with Gasteiger partial charge in [0.1, 0.15) is 17.2 Å². The van der Waals surface area contributed by atoms with Gasteiger partial charge in [0.25, 0.3) is 0 Å². The number of benzene rings is 2. The molecule has 0 aliphatic rings. The Morgan fingerprint density at radius 2 is 1.77 bits per heavy atom. The van der Waals surface area contributed by atoms with E-state index in [1.165, 1.54) is 18.2 Å². The number of hydrogen-bond acceptors (Lipinski definition) is 4. The van der Waals surface area contributed by atoms with Crippen LogP contribution in [0.3, 0.4) is 0 Å². The molecule has 0 atom stereocenters. The third kappa shape index (κ3) is 4.45. The van der Waals surface area contributed by atoms with Crippen LogP contribution in [0.5, 0.6) is 17.2 Å². The van der Waals surface area contributed by atoms with Crippen LogP contribution in [0.4, 0.5) is 0 Å². The van der Waals surface area contributed by atoms with E-state index in [9.17, 15) is 15.0 Å². The highest BCUT2D eigenvalue weighted by molar-refractivity contribution is 6.07. The summed E-state index contributed by atoms with van der Waals surface area (Å²) in [6, 6.07) is 8.00. The third-order valence-electron chi connectivity index (χ3n) is 4.11. The number of hydrogen-bond donors (Lipinski definition) is 2. The summed E-state index contributed by atoms with van der Waals surface area (Å²) in [5.41, 5.74) is 2.86. The fourth-order valence-corrected chi connectivity index (χ4v) is 2.78. The lowest BCUT2D eigenvalue weighted by molar-refractivity contribution is 0.104. The second-order valence-electron chi connectivity index (χ2n) is 6.40. The van der Waals surface area contributed by atoms with Crippen molar-refractivity contribution >= 4 is 11.9 Å². The minimum Gasteiger partial charge on any atom is -0.508 e. The Bertz CT molecular complexity index is 802. The highest BCUT2D eigenvalue weighted by Crippen LogP contribution is 2.37. The number of allylic oxidation sites excluding steroid dienone is 1. The lowest BCUT2D eigenvalue weighted by Crippen LogP contribution is -2.09. The maximum absolute atomic E-state index is 12.4. The first-order valence-electron chi connectivity index (χ1n) is 8.93. The van der Waals surface area contributed by atoms with Crippen LogP contribution < -0.4 is 4.74 Å². The second-order valence-corrected chi connectivity index (χ2v) is 6.40. The fourth-order valence-electron chi connectivity index (χ4n) is 2.78. The molecule has 0 bridgehead atoms. The predicted octanol–water partition coefficient (Wildman–Crippen LogP) is 4.91. The summed E-state index contributed by atoms with van der Waals surface area (Å²) >= 11 is 0. The highest BCUT2D eigenvalue weighted by atomic mass is 16.5. The van der Waals surface area contributed by atoms with Gasteiger partial charge in [0.2, 0.25) is 0 Å². The number of carbonyl (C=O) groups is 1. The maximum Gasteiger partial charge on any atom is 0.185 e. The largest absolute Gasteiger partial charge is 0.508 e. The molecule has 0 fully saturated rings. The molecule has 0 saturated heterocycles. The van der Waals surface area contributed by atoms with E-state index >= 15 is 0 Å². The Hall–Kier alpha value is -2.75. The van der Waals surface area contributed by atoms with Crippen LogP contribution in [-0.4, -0.2) is 22.1 Å². The molecule has 0 spiro atoms. The van der Waals surface area contributed by atoms with Crippen molar-refractivity contribution in [1.29, 1.82) is 0 Å². The first-order chi connectivity index (χ1) is 12.4. The maximum atomic E-state index is 12.4. The number of ketones is 1. The van der Waals surface area contributed by atoms with Crippen molar-refractivity contribution in [3.63, 3.8) is 0 Å². The van der Waals surface area contributed by atoms with E-state index in [1.807, 2.05) is 33.8 Å². The number of rotatable bonds is 7. The quantitative estimate of drug-likeness (QED) is 0.548. The molecule has 0 saturated carbocycles. The van der Waals surface area contributed by atoms with Gasteiger partial charge in [-0.15, -0.1) is 0 Å². The number of aromatic hydroxyl groups is 2. The molecule has 2 aromatic carbocycles. The van der Waals surface area contributed by atoms with Crippen LogP contribution in [-0.2, 0) is 12.8 Å². The van der Waals surface area contributed by atoms with Crippen molar-refractivity contribution in [3.05, 3.63) is 58.7 Å². The van der Waals surface area contributed by atoms with E-state index in [1.54, 1.807) is 18.2 Å². The molecule has 2 aromatic rings. The van der Waals surface area contributed by atoms with Gasteiger partial charge < -0.3 is 14.9 Å². The van der Waals surface area contributed by atoms with Crippen LogP contribution in [0.25, 0.3) is 6.08 Å². The van der Waals surface area contributed by atoms with Crippen molar-refractivity contribution in [2.75, 3.05) is 0 Å². The molecular formula is C22H26O4. The lowest BCUT2D eigenvalue weighted by atomic mass is 9.98. The van der Waals surface area contributed by atoms with Gasteiger partial charge in [-0.1, -0.05) is 13.8 Å². The summed E-state index contributed by atoms with van der Waals surface area (Å²) in [6.45, 7) is 7.81. The Balaban J connectivity index is 2.45. The minimum absolute atomic E-state index is 0.0490. The van der Waals surface area contributed by atoms with Crippen LogP contribution in [0.15, 0.2) is 36.4 Å². The van der Waals surface area contributed by atoms with Crippen LogP contribution in [0.1, 0.15) is 54.7 Å². The molecular weight excluding hydrogens is 328 g/mol. The van der Waals surface area contributed by atoms with E-state index in [2.05, 4.69) is 0 Å². The standard InChI is InChI=1S/C22H26O4/c1-5-15-13-17(22(26-14(3)4)19(6-2)21(15)25)9-12-20(24)16-7-10-18(23)11-8-16/h7-14,23,25H,5-6H2,1-4H3. The zero-order chi connectivity index (χ0) is 19.3. The third-order valence-corrected chi connectivity index (χ3v) is 4.11. The summed E-state index contributed by atoms with van der Waals surface area (Å²) in [5.74, 6) is 0.848. The molecule has 0 heterocycles. The van der Waals surface area contributed by atoms with Crippen molar-refractivity contribution in [2.45, 2.75) is 46.6 Å². The molecule has 26 heavy (non-hydrogen) atoms. The molecule has 0 unspecified atom stereocenters. The van der Waals surface area contributed by atoms with E-state index in [-0.39, 0.29) is 23.4 Å². The van der Waals surface area contributed by atoms with E-state index in [4.69, 9.17) is 4.74 Å². The van der Waals surface area contributed by atoms with E-state index < -0.39 is 0 Å². The SMILES string of the molecule is CCc1cc(C=CC(=O)c2ccc(O)cc2)c(OC(C)C)c(CC)c1O. The Labute approximate surface area is 154 Å². The topological polar surface area (TPSA) is 66.8 Å². The fraction of sp³-hybridized carbons (Fsp3) is 0.318. The summed E-state index contributed by atoms with van der Waals surface area (Å²) < 4.78 is 5.95. The molecule has 0 amide bonds. The molecule has 138 valence electrons. The second kappa shape index (κ2) is 8.56. The van der Waals surface area contributed by atoms with Crippen LogP contribution >= 0.6 is 0 Å².